The van der Waals surface area contributed by atoms with Gasteiger partial charge in [-0.15, -0.1) is 6.58 Å². The summed E-state index contributed by atoms with van der Waals surface area (Å²) in [6, 6.07) is 5.34. The van der Waals surface area contributed by atoms with E-state index in [0.29, 0.717) is 11.5 Å². The van der Waals surface area contributed by atoms with E-state index in [1.165, 1.54) is 0 Å². The number of halogens is 1. The predicted molar refractivity (Wildman–Crippen MR) is 80.9 cm³/mol. The van der Waals surface area contributed by atoms with Crippen LogP contribution in [0.25, 0.3) is 0 Å². The molecule has 0 atom stereocenters. The average molecular weight is 324 g/mol. The molecule has 1 fully saturated rings. The van der Waals surface area contributed by atoms with E-state index in [9.17, 15) is 9.90 Å². The summed E-state index contributed by atoms with van der Waals surface area (Å²) in [4.78, 5) is 13.5. The second-order valence-corrected chi connectivity index (χ2v) is 5.84. The number of carboxylic acids is 1. The molecule has 19 heavy (non-hydrogen) atoms. The van der Waals surface area contributed by atoms with Gasteiger partial charge in [-0.2, -0.15) is 0 Å². The number of allylic oxidation sites excluding steroid dienone is 1. The summed E-state index contributed by atoms with van der Waals surface area (Å²) in [5.74, 6) is -0.176. The van der Waals surface area contributed by atoms with E-state index in [-0.39, 0.29) is 0 Å². The fraction of sp³-hybridized carbons (Fsp3) is 0.400. The topological polar surface area (TPSA) is 40.5 Å². The van der Waals surface area contributed by atoms with Crippen LogP contribution in [0.1, 0.15) is 29.6 Å². The predicted octanol–water partition coefficient (Wildman–Crippen LogP) is 3.94. The van der Waals surface area contributed by atoms with Gasteiger partial charge in [0.25, 0.3) is 0 Å². The van der Waals surface area contributed by atoms with Crippen molar-refractivity contribution in [2.24, 2.45) is 5.92 Å². The maximum Gasteiger partial charge on any atom is 0.337 e. The molecule has 1 heterocycles. The number of aromatic carboxylic acids is 1. The zero-order valence-corrected chi connectivity index (χ0v) is 12.4. The maximum absolute atomic E-state index is 11.3. The van der Waals surface area contributed by atoms with Gasteiger partial charge in [-0.05, 0) is 43.4 Å². The lowest BCUT2D eigenvalue weighted by atomic mass is 9.93. The average Bonchev–Trinajstić information content (AvgIpc) is 2.39. The van der Waals surface area contributed by atoms with Crippen LogP contribution in [0.4, 0.5) is 5.69 Å². The van der Waals surface area contributed by atoms with Crippen molar-refractivity contribution >= 4 is 27.6 Å². The first-order valence-corrected chi connectivity index (χ1v) is 7.30. The van der Waals surface area contributed by atoms with Crippen LogP contribution in [-0.4, -0.2) is 24.2 Å². The lowest BCUT2D eigenvalue weighted by Gasteiger charge is -2.34. The highest BCUT2D eigenvalue weighted by molar-refractivity contribution is 9.10. The summed E-state index contributed by atoms with van der Waals surface area (Å²) in [5, 5.41) is 9.27. The minimum Gasteiger partial charge on any atom is -0.478 e. The Kier molecular flexibility index (Phi) is 4.64. The molecule has 0 unspecified atom stereocenters. The van der Waals surface area contributed by atoms with E-state index in [0.717, 1.165) is 42.5 Å². The molecule has 0 amide bonds. The SMILES string of the molecule is C=CCC1CCN(c2cc(Br)ccc2C(=O)O)CC1. The van der Waals surface area contributed by atoms with Gasteiger partial charge in [0.1, 0.15) is 0 Å². The van der Waals surface area contributed by atoms with Gasteiger partial charge in [0.05, 0.1) is 11.3 Å². The Balaban J connectivity index is 2.16. The van der Waals surface area contributed by atoms with Crippen LogP contribution < -0.4 is 4.90 Å². The van der Waals surface area contributed by atoms with Crippen LogP contribution in [0.2, 0.25) is 0 Å². The molecule has 4 heteroatoms. The van der Waals surface area contributed by atoms with Crippen molar-refractivity contribution in [2.45, 2.75) is 19.3 Å². The molecule has 0 radical (unpaired) electrons. The Morgan fingerprint density at radius 2 is 2.16 bits per heavy atom. The minimum atomic E-state index is -0.865. The van der Waals surface area contributed by atoms with E-state index in [1.807, 2.05) is 12.1 Å². The Morgan fingerprint density at radius 1 is 1.47 bits per heavy atom. The molecular weight excluding hydrogens is 306 g/mol. The molecule has 0 aromatic heterocycles. The number of hydrogen-bond donors (Lipinski definition) is 1. The van der Waals surface area contributed by atoms with Crippen LogP contribution >= 0.6 is 15.9 Å². The second-order valence-electron chi connectivity index (χ2n) is 4.92. The third kappa shape index (κ3) is 3.38. The van der Waals surface area contributed by atoms with Crippen molar-refractivity contribution < 1.29 is 9.90 Å². The van der Waals surface area contributed by atoms with Crippen molar-refractivity contribution in [1.82, 2.24) is 0 Å². The van der Waals surface area contributed by atoms with E-state index < -0.39 is 5.97 Å². The highest BCUT2D eigenvalue weighted by Crippen LogP contribution is 2.30. The number of anilines is 1. The summed E-state index contributed by atoms with van der Waals surface area (Å²) in [6.45, 7) is 5.61. The molecule has 1 aliphatic heterocycles. The van der Waals surface area contributed by atoms with E-state index in [2.05, 4.69) is 27.4 Å². The van der Waals surface area contributed by atoms with Crippen molar-refractivity contribution in [2.75, 3.05) is 18.0 Å². The van der Waals surface area contributed by atoms with E-state index >= 15 is 0 Å². The van der Waals surface area contributed by atoms with Gasteiger partial charge in [-0.3, -0.25) is 0 Å². The maximum atomic E-state index is 11.3. The molecule has 3 nitrogen and oxygen atoms in total. The first-order valence-electron chi connectivity index (χ1n) is 6.50. The Hall–Kier alpha value is -1.29. The van der Waals surface area contributed by atoms with Crippen LogP contribution in [0.3, 0.4) is 0 Å². The molecule has 1 aromatic rings. The third-order valence-electron chi connectivity index (χ3n) is 3.65. The number of carbonyl (C=O) groups is 1. The standard InChI is InChI=1S/C15H18BrNO2/c1-2-3-11-6-8-17(9-7-11)14-10-12(16)4-5-13(14)15(18)19/h2,4-5,10-11H,1,3,6-9H2,(H,18,19). The molecule has 0 saturated carbocycles. The van der Waals surface area contributed by atoms with Gasteiger partial charge in [0.2, 0.25) is 0 Å². The zero-order valence-electron chi connectivity index (χ0n) is 10.8. The lowest BCUT2D eigenvalue weighted by molar-refractivity contribution is 0.0697. The van der Waals surface area contributed by atoms with Crippen LogP contribution in [0, 0.1) is 5.92 Å². The van der Waals surface area contributed by atoms with Crippen LogP contribution in [-0.2, 0) is 0 Å². The van der Waals surface area contributed by atoms with Gasteiger partial charge >= 0.3 is 5.97 Å². The molecular formula is C15H18BrNO2. The summed E-state index contributed by atoms with van der Waals surface area (Å²) in [5.41, 5.74) is 1.20. The van der Waals surface area contributed by atoms with E-state index in [1.54, 1.807) is 12.1 Å². The highest BCUT2D eigenvalue weighted by Gasteiger charge is 2.22. The molecule has 1 aromatic carbocycles. The van der Waals surface area contributed by atoms with Crippen molar-refractivity contribution in [3.05, 3.63) is 40.9 Å². The molecule has 0 bridgehead atoms. The molecule has 1 aliphatic rings. The van der Waals surface area contributed by atoms with E-state index in [4.69, 9.17) is 0 Å². The van der Waals surface area contributed by atoms with Gasteiger partial charge in [0.15, 0.2) is 0 Å². The van der Waals surface area contributed by atoms with Crippen molar-refractivity contribution in [3.8, 4) is 0 Å². The molecule has 1 N–H and O–H groups in total. The minimum absolute atomic E-state index is 0.380. The quantitative estimate of drug-likeness (QED) is 0.853. The normalized spacial score (nSPS) is 16.4. The van der Waals surface area contributed by atoms with Gasteiger partial charge in [0, 0.05) is 17.6 Å². The van der Waals surface area contributed by atoms with Crippen molar-refractivity contribution in [1.29, 1.82) is 0 Å². The monoisotopic (exact) mass is 323 g/mol. The Labute approximate surface area is 122 Å². The number of rotatable bonds is 4. The number of carboxylic acid groups (broad SMARTS) is 1. The fourth-order valence-electron chi connectivity index (χ4n) is 2.59. The summed E-state index contributed by atoms with van der Waals surface area (Å²) in [6.07, 6.45) is 5.22. The molecule has 0 aliphatic carbocycles. The number of piperidine rings is 1. The van der Waals surface area contributed by atoms with Crippen molar-refractivity contribution in [3.63, 3.8) is 0 Å². The van der Waals surface area contributed by atoms with Gasteiger partial charge in [-0.1, -0.05) is 22.0 Å². The first kappa shape index (κ1) is 14.1. The molecule has 1 saturated heterocycles. The fourth-order valence-corrected chi connectivity index (χ4v) is 2.94. The zero-order chi connectivity index (χ0) is 13.8. The first-order chi connectivity index (χ1) is 9.11. The Morgan fingerprint density at radius 3 is 2.74 bits per heavy atom. The smallest absolute Gasteiger partial charge is 0.337 e. The molecule has 2 rings (SSSR count). The van der Waals surface area contributed by atoms with Gasteiger partial charge in [-0.25, -0.2) is 4.79 Å². The van der Waals surface area contributed by atoms with Crippen LogP contribution in [0.15, 0.2) is 35.3 Å². The number of nitrogens with zero attached hydrogens (tertiary/aromatic N) is 1. The molecule has 0 spiro atoms. The third-order valence-corrected chi connectivity index (χ3v) is 4.14. The number of hydrogen-bond acceptors (Lipinski definition) is 2. The second kappa shape index (κ2) is 6.24. The highest BCUT2D eigenvalue weighted by atomic mass is 79.9. The van der Waals surface area contributed by atoms with Gasteiger partial charge < -0.3 is 10.0 Å². The largest absolute Gasteiger partial charge is 0.478 e. The summed E-state index contributed by atoms with van der Waals surface area (Å²) in [7, 11) is 0. The summed E-state index contributed by atoms with van der Waals surface area (Å²) >= 11 is 3.42. The van der Waals surface area contributed by atoms with Crippen LogP contribution in [0.5, 0.6) is 0 Å². The Bertz CT molecular complexity index is 479. The lowest BCUT2D eigenvalue weighted by Crippen LogP contribution is -2.34. The molecule has 102 valence electrons. The number of benzene rings is 1. The summed E-state index contributed by atoms with van der Waals surface area (Å²) < 4.78 is 0.917.